The van der Waals surface area contributed by atoms with Crippen molar-refractivity contribution in [3.63, 3.8) is 0 Å². The maximum atomic E-state index is 13.0. The van der Waals surface area contributed by atoms with Crippen LogP contribution in [-0.4, -0.2) is 96.7 Å². The molecule has 19 heteroatoms. The van der Waals surface area contributed by atoms with Gasteiger partial charge in [-0.05, 0) is 69.1 Å². The highest BCUT2D eigenvalue weighted by Gasteiger charge is 2.30. The lowest BCUT2D eigenvalue weighted by Crippen LogP contribution is -2.30. The first-order valence-corrected chi connectivity index (χ1v) is 40.2. The quantitative estimate of drug-likeness (QED) is 0.0169. The van der Waals surface area contributed by atoms with Gasteiger partial charge in [-0.3, -0.25) is 37.3 Å². The van der Waals surface area contributed by atoms with E-state index >= 15 is 0 Å². The van der Waals surface area contributed by atoms with Crippen molar-refractivity contribution in [3.05, 3.63) is 24.3 Å². The zero-order chi connectivity index (χ0) is 68.0. The number of carbonyl (C=O) groups is 4. The van der Waals surface area contributed by atoms with E-state index in [-0.39, 0.29) is 25.7 Å². The van der Waals surface area contributed by atoms with Crippen molar-refractivity contribution in [1.82, 2.24) is 0 Å². The molecule has 0 saturated heterocycles. The average Bonchev–Trinajstić information content (AvgIpc) is 3.30. The van der Waals surface area contributed by atoms with Gasteiger partial charge in [0.2, 0.25) is 0 Å². The molecule has 3 N–H and O–H groups in total. The Bertz CT molecular complexity index is 1890. The number of carbonyl (C=O) groups excluding carboxylic acids is 4. The third-order valence-electron chi connectivity index (χ3n) is 16.3. The summed E-state index contributed by atoms with van der Waals surface area (Å²) in [5, 5.41) is 10.6. The zero-order valence-corrected chi connectivity index (χ0v) is 61.3. The van der Waals surface area contributed by atoms with Crippen LogP contribution in [0.1, 0.15) is 344 Å². The highest BCUT2D eigenvalue weighted by molar-refractivity contribution is 7.47. The number of phosphoric ester groups is 2. The normalized spacial score (nSPS) is 14.3. The summed E-state index contributed by atoms with van der Waals surface area (Å²) in [4.78, 5) is 72.6. The van der Waals surface area contributed by atoms with Gasteiger partial charge < -0.3 is 33.8 Å². The maximum absolute atomic E-state index is 13.0. The summed E-state index contributed by atoms with van der Waals surface area (Å²) in [6.07, 6.45) is 51.0. The van der Waals surface area contributed by atoms with Crippen molar-refractivity contribution < 1.29 is 80.2 Å². The van der Waals surface area contributed by atoms with Crippen molar-refractivity contribution in [2.45, 2.75) is 362 Å². The Kier molecular flexibility index (Phi) is 61.6. The maximum Gasteiger partial charge on any atom is 0.472 e. The molecule has 0 aromatic heterocycles. The summed E-state index contributed by atoms with van der Waals surface area (Å²) >= 11 is 0. The molecule has 92 heavy (non-hydrogen) atoms. The molecule has 0 aromatic carbocycles. The number of esters is 4. The van der Waals surface area contributed by atoms with Crippen molar-refractivity contribution in [1.29, 1.82) is 0 Å². The van der Waals surface area contributed by atoms with Crippen LogP contribution >= 0.6 is 15.6 Å². The van der Waals surface area contributed by atoms with E-state index in [1.807, 2.05) is 0 Å². The summed E-state index contributed by atoms with van der Waals surface area (Å²) < 4.78 is 68.3. The summed E-state index contributed by atoms with van der Waals surface area (Å²) in [6.45, 7) is 11.7. The first-order chi connectivity index (χ1) is 44.2. The number of hydrogen-bond acceptors (Lipinski definition) is 15. The van der Waals surface area contributed by atoms with E-state index in [0.717, 1.165) is 121 Å². The molecule has 0 heterocycles. The van der Waals surface area contributed by atoms with Gasteiger partial charge in [0.15, 0.2) is 12.2 Å². The molecule has 0 fully saturated rings. The molecule has 542 valence electrons. The molecular weight excluding hydrogens is 1210 g/mol. The first kappa shape index (κ1) is 89.5. The van der Waals surface area contributed by atoms with Crippen LogP contribution in [0.5, 0.6) is 0 Å². The number of allylic oxidation sites excluding steroid dienone is 4. The minimum Gasteiger partial charge on any atom is -0.462 e. The molecule has 17 nitrogen and oxygen atoms in total. The standard InChI is InChI=1S/C73H138O17P2/c1-8-9-10-11-12-13-14-15-16-20-23-26-32-40-47-54-70(75)83-60-68(90-73(78)57-50-43-34-29-28-31-38-45-52-65(4)5)62-87-91(79,80)85-58-67(74)59-86-92(81,82)88-63-69(61-84-71(76)55-48-41-36-35-39-46-53-66(6)7)89-72(77)56-49-42-33-27-24-21-18-17-19-22-25-30-37-44-51-64(2)3/h13-16,64-69,74H,8-12,17-63H2,1-7H3,(H,79,80)(H,81,82)/b14-13-,16-15-/t67-,68-,69-/m1/s1. The van der Waals surface area contributed by atoms with E-state index in [9.17, 15) is 43.2 Å². The van der Waals surface area contributed by atoms with Gasteiger partial charge in [0.05, 0.1) is 26.4 Å². The SMILES string of the molecule is CCCCCC/C=C\C=C/CCCCCCCC(=O)OC[C@H](COP(=O)(O)OC[C@@H](O)COP(=O)(O)OC[C@@H](COC(=O)CCCCCCCCC(C)C)OC(=O)CCCCCCCCCCCCCCCCC(C)C)OC(=O)CCCCCCCCCCC(C)C. The highest BCUT2D eigenvalue weighted by atomic mass is 31.2. The van der Waals surface area contributed by atoms with E-state index in [2.05, 4.69) is 72.8 Å². The predicted molar refractivity (Wildman–Crippen MR) is 372 cm³/mol. The smallest absolute Gasteiger partial charge is 0.462 e. The number of phosphoric acid groups is 2. The molecule has 0 spiro atoms. The molecule has 0 aliphatic carbocycles. The molecule has 5 atom stereocenters. The van der Waals surface area contributed by atoms with Gasteiger partial charge in [-0.25, -0.2) is 9.13 Å². The van der Waals surface area contributed by atoms with Crippen molar-refractivity contribution >= 4 is 39.5 Å². The van der Waals surface area contributed by atoms with Crippen LogP contribution in [0.3, 0.4) is 0 Å². The van der Waals surface area contributed by atoms with Crippen molar-refractivity contribution in [2.75, 3.05) is 39.6 Å². The van der Waals surface area contributed by atoms with Crippen molar-refractivity contribution in [2.24, 2.45) is 17.8 Å². The Morgan fingerprint density at radius 1 is 0.337 bits per heavy atom. The molecule has 0 bridgehead atoms. The monoisotopic (exact) mass is 1350 g/mol. The van der Waals surface area contributed by atoms with Gasteiger partial charge in [0, 0.05) is 25.7 Å². The first-order valence-electron chi connectivity index (χ1n) is 37.2. The molecule has 0 aliphatic heterocycles. The minimum atomic E-state index is -4.96. The van der Waals surface area contributed by atoms with Gasteiger partial charge >= 0.3 is 39.5 Å². The van der Waals surface area contributed by atoms with Crippen LogP contribution in [0.2, 0.25) is 0 Å². The lowest BCUT2D eigenvalue weighted by atomic mass is 10.0. The summed E-state index contributed by atoms with van der Waals surface area (Å²) in [5.74, 6) is 0.0301. The number of unbranched alkanes of at least 4 members (excludes halogenated alkanes) is 34. The Morgan fingerprint density at radius 2 is 0.587 bits per heavy atom. The van der Waals surface area contributed by atoms with Crippen LogP contribution in [0.25, 0.3) is 0 Å². The summed E-state index contributed by atoms with van der Waals surface area (Å²) in [5.41, 5.74) is 0. The van der Waals surface area contributed by atoms with Gasteiger partial charge in [0.1, 0.15) is 19.3 Å². The van der Waals surface area contributed by atoms with E-state index in [1.54, 1.807) is 0 Å². The second kappa shape index (κ2) is 63.3. The number of aliphatic hydroxyl groups is 1. The molecular formula is C73H138O17P2. The molecule has 0 aromatic rings. The van der Waals surface area contributed by atoms with E-state index in [4.69, 9.17) is 37.0 Å². The van der Waals surface area contributed by atoms with Gasteiger partial charge in [-0.1, -0.05) is 291 Å². The van der Waals surface area contributed by atoms with Crippen LogP contribution in [0.15, 0.2) is 24.3 Å². The van der Waals surface area contributed by atoms with E-state index in [0.29, 0.717) is 37.5 Å². The van der Waals surface area contributed by atoms with Gasteiger partial charge in [-0.2, -0.15) is 0 Å². The van der Waals surface area contributed by atoms with Crippen LogP contribution in [0.4, 0.5) is 0 Å². The third-order valence-corrected chi connectivity index (χ3v) is 18.2. The van der Waals surface area contributed by atoms with Crippen LogP contribution in [-0.2, 0) is 65.4 Å². The fraction of sp³-hybridized carbons (Fsp3) is 0.890. The Labute approximate surface area is 561 Å². The van der Waals surface area contributed by atoms with Crippen LogP contribution < -0.4 is 0 Å². The zero-order valence-electron chi connectivity index (χ0n) is 59.5. The second-order valence-corrected chi connectivity index (χ2v) is 30.0. The molecule has 0 amide bonds. The highest BCUT2D eigenvalue weighted by Crippen LogP contribution is 2.45. The molecule has 0 rings (SSSR count). The van der Waals surface area contributed by atoms with Crippen molar-refractivity contribution in [3.8, 4) is 0 Å². The number of aliphatic hydroxyl groups excluding tert-OH is 1. The summed E-state index contributed by atoms with van der Waals surface area (Å²) in [7, 11) is -9.92. The third kappa shape index (κ3) is 66.2. The molecule has 0 aliphatic rings. The lowest BCUT2D eigenvalue weighted by molar-refractivity contribution is -0.161. The number of hydrogen-bond donors (Lipinski definition) is 3. The van der Waals surface area contributed by atoms with Crippen LogP contribution in [0, 0.1) is 17.8 Å². The fourth-order valence-electron chi connectivity index (χ4n) is 10.5. The Morgan fingerprint density at radius 3 is 0.880 bits per heavy atom. The summed E-state index contributed by atoms with van der Waals surface area (Å²) in [6, 6.07) is 0. The lowest BCUT2D eigenvalue weighted by Gasteiger charge is -2.21. The fourth-order valence-corrected chi connectivity index (χ4v) is 12.1. The number of ether oxygens (including phenoxy) is 4. The van der Waals surface area contributed by atoms with E-state index < -0.39 is 97.5 Å². The minimum absolute atomic E-state index is 0.0972. The molecule has 0 saturated carbocycles. The average molecular weight is 1350 g/mol. The predicted octanol–water partition coefficient (Wildman–Crippen LogP) is 20.6. The molecule has 0 radical (unpaired) electrons. The topological polar surface area (TPSA) is 237 Å². The largest absolute Gasteiger partial charge is 0.472 e. The van der Waals surface area contributed by atoms with E-state index in [1.165, 1.54) is 128 Å². The van der Waals surface area contributed by atoms with Gasteiger partial charge in [-0.15, -0.1) is 0 Å². The second-order valence-electron chi connectivity index (χ2n) is 27.1. The Balaban J connectivity index is 5.24. The molecule has 2 unspecified atom stereocenters. The Hall–Kier alpha value is -2.46. The number of rotatable bonds is 69. The van der Waals surface area contributed by atoms with Gasteiger partial charge in [0.25, 0.3) is 0 Å².